The van der Waals surface area contributed by atoms with E-state index >= 15 is 0 Å². The lowest BCUT2D eigenvalue weighted by Crippen LogP contribution is -2.26. The molecule has 0 unspecified atom stereocenters. The molecule has 3 rings (SSSR count). The maximum Gasteiger partial charge on any atom is 0.277 e. The van der Waals surface area contributed by atoms with E-state index in [1.165, 1.54) is 5.06 Å². The zero-order chi connectivity index (χ0) is 13.9. The Kier molecular flexibility index (Phi) is 3.66. The van der Waals surface area contributed by atoms with Crippen molar-refractivity contribution >= 4 is 17.0 Å². The van der Waals surface area contributed by atoms with Crippen LogP contribution in [0.5, 0.6) is 0 Å². The van der Waals surface area contributed by atoms with Crippen molar-refractivity contribution in [3.8, 4) is 0 Å². The number of hydrogen-bond donors (Lipinski definition) is 0. The summed E-state index contributed by atoms with van der Waals surface area (Å²) < 4.78 is 10.6. The molecule has 20 heavy (non-hydrogen) atoms. The fourth-order valence-electron chi connectivity index (χ4n) is 2.15. The van der Waals surface area contributed by atoms with Crippen molar-refractivity contribution in [1.29, 1.82) is 0 Å². The fourth-order valence-corrected chi connectivity index (χ4v) is 2.15. The summed E-state index contributed by atoms with van der Waals surface area (Å²) in [6, 6.07) is 5.25. The predicted molar refractivity (Wildman–Crippen MR) is 71.2 cm³/mol. The number of aromatic nitrogens is 1. The Labute approximate surface area is 116 Å². The van der Waals surface area contributed by atoms with Crippen molar-refractivity contribution < 1.29 is 18.8 Å². The van der Waals surface area contributed by atoms with Crippen LogP contribution in [-0.4, -0.2) is 42.8 Å². The molecule has 6 heteroatoms. The number of amides is 1. The Morgan fingerprint density at radius 3 is 3.15 bits per heavy atom. The summed E-state index contributed by atoms with van der Waals surface area (Å²) in [7, 11) is 1.63. The van der Waals surface area contributed by atoms with Gasteiger partial charge in [-0.2, -0.15) is 0 Å². The van der Waals surface area contributed by atoms with E-state index in [4.69, 9.17) is 14.0 Å². The van der Waals surface area contributed by atoms with E-state index in [9.17, 15) is 4.79 Å². The highest BCUT2D eigenvalue weighted by molar-refractivity contribution is 5.96. The number of carbonyl (C=O) groups is 1. The summed E-state index contributed by atoms with van der Waals surface area (Å²) in [6.07, 6.45) is 1.49. The minimum Gasteiger partial charge on any atom is -0.441 e. The fraction of sp³-hybridized carbons (Fsp3) is 0.429. The van der Waals surface area contributed by atoms with Crippen molar-refractivity contribution in [2.24, 2.45) is 0 Å². The van der Waals surface area contributed by atoms with E-state index in [1.807, 2.05) is 0 Å². The molecule has 0 bridgehead atoms. The van der Waals surface area contributed by atoms with E-state index < -0.39 is 0 Å². The van der Waals surface area contributed by atoms with Crippen LogP contribution in [0.2, 0.25) is 0 Å². The van der Waals surface area contributed by atoms with Gasteiger partial charge >= 0.3 is 0 Å². The van der Waals surface area contributed by atoms with Gasteiger partial charge in [0.1, 0.15) is 5.52 Å². The third kappa shape index (κ3) is 2.52. The smallest absolute Gasteiger partial charge is 0.277 e. The highest BCUT2D eigenvalue weighted by Gasteiger charge is 2.21. The van der Waals surface area contributed by atoms with Crippen molar-refractivity contribution in [2.45, 2.75) is 12.8 Å². The number of benzene rings is 1. The zero-order valence-electron chi connectivity index (χ0n) is 11.3. The topological polar surface area (TPSA) is 64.8 Å². The lowest BCUT2D eigenvalue weighted by molar-refractivity contribution is -0.0768. The molecular formula is C14H16N2O4. The Morgan fingerprint density at radius 1 is 1.50 bits per heavy atom. The van der Waals surface area contributed by atoms with Gasteiger partial charge in [-0.25, -0.2) is 10.0 Å². The van der Waals surface area contributed by atoms with Crippen molar-refractivity contribution in [1.82, 2.24) is 10.0 Å². The van der Waals surface area contributed by atoms with Crippen LogP contribution < -0.4 is 0 Å². The molecule has 6 nitrogen and oxygen atoms in total. The molecule has 1 amide bonds. The molecule has 0 saturated carbocycles. The maximum absolute atomic E-state index is 12.2. The van der Waals surface area contributed by atoms with Gasteiger partial charge in [-0.1, -0.05) is 0 Å². The molecule has 106 valence electrons. The van der Waals surface area contributed by atoms with E-state index in [0.29, 0.717) is 43.2 Å². The minimum atomic E-state index is -0.140. The normalized spacial score (nSPS) is 15.2. The minimum absolute atomic E-state index is 0.140. The number of carbonyl (C=O) groups excluding carboxylic acids is 1. The molecule has 1 saturated heterocycles. The number of nitrogens with zero attached hydrogens (tertiary/aromatic N) is 2. The zero-order valence-corrected chi connectivity index (χ0v) is 11.3. The number of ether oxygens (including phenoxy) is 1. The third-order valence-electron chi connectivity index (χ3n) is 3.18. The van der Waals surface area contributed by atoms with Crippen molar-refractivity contribution in [3.63, 3.8) is 0 Å². The Hall–Kier alpha value is -1.92. The molecule has 0 radical (unpaired) electrons. The van der Waals surface area contributed by atoms with Crippen molar-refractivity contribution in [3.05, 3.63) is 29.7 Å². The second-order valence-corrected chi connectivity index (χ2v) is 4.63. The lowest BCUT2D eigenvalue weighted by Gasteiger charge is -2.13. The van der Waals surface area contributed by atoms with Crippen LogP contribution in [0.1, 0.15) is 22.7 Å². The number of oxazole rings is 1. The van der Waals surface area contributed by atoms with Crippen LogP contribution in [0.25, 0.3) is 11.1 Å². The summed E-state index contributed by atoms with van der Waals surface area (Å²) in [5.41, 5.74) is 1.91. The monoisotopic (exact) mass is 276 g/mol. The number of rotatable bonds is 4. The Morgan fingerprint density at radius 2 is 2.40 bits per heavy atom. The second-order valence-electron chi connectivity index (χ2n) is 4.63. The molecular weight excluding hydrogens is 260 g/mol. The third-order valence-corrected chi connectivity index (χ3v) is 3.18. The summed E-state index contributed by atoms with van der Waals surface area (Å²) in [4.78, 5) is 21.8. The SMILES string of the molecule is COCCc1nc2ccc(C(=O)N3CCCO3)cc2o1. The molecule has 0 N–H and O–H groups in total. The number of fused-ring (bicyclic) bond motifs is 1. The maximum atomic E-state index is 12.2. The van der Waals surface area contributed by atoms with E-state index in [0.717, 1.165) is 11.9 Å². The van der Waals surface area contributed by atoms with Crippen LogP contribution in [-0.2, 0) is 16.0 Å². The Bertz CT molecular complexity index is 617. The molecule has 1 aliphatic rings. The van der Waals surface area contributed by atoms with Gasteiger partial charge in [0.25, 0.3) is 5.91 Å². The quantitative estimate of drug-likeness (QED) is 0.852. The van der Waals surface area contributed by atoms with Gasteiger partial charge in [-0.3, -0.25) is 9.63 Å². The molecule has 0 spiro atoms. The lowest BCUT2D eigenvalue weighted by atomic mass is 10.2. The average molecular weight is 276 g/mol. The van der Waals surface area contributed by atoms with E-state index in [-0.39, 0.29) is 5.91 Å². The highest BCUT2D eigenvalue weighted by atomic mass is 16.7. The van der Waals surface area contributed by atoms with Crippen LogP contribution in [0.15, 0.2) is 22.6 Å². The molecule has 1 aromatic heterocycles. The summed E-state index contributed by atoms with van der Waals surface area (Å²) in [5.74, 6) is 0.475. The molecule has 2 heterocycles. The molecule has 0 aliphatic carbocycles. The first-order valence-electron chi connectivity index (χ1n) is 6.61. The van der Waals surface area contributed by atoms with Gasteiger partial charge in [0.05, 0.1) is 19.8 Å². The van der Waals surface area contributed by atoms with Gasteiger partial charge < -0.3 is 9.15 Å². The first-order valence-corrected chi connectivity index (χ1v) is 6.61. The summed E-state index contributed by atoms with van der Waals surface area (Å²) in [6.45, 7) is 1.78. The average Bonchev–Trinajstić information content (AvgIpc) is 3.12. The van der Waals surface area contributed by atoms with Crippen molar-refractivity contribution in [2.75, 3.05) is 26.9 Å². The molecule has 1 fully saturated rings. The largest absolute Gasteiger partial charge is 0.441 e. The molecule has 1 aromatic carbocycles. The van der Waals surface area contributed by atoms with Gasteiger partial charge in [-0.05, 0) is 24.6 Å². The molecule has 2 aromatic rings. The summed E-state index contributed by atoms with van der Waals surface area (Å²) in [5, 5.41) is 1.39. The van der Waals surface area contributed by atoms with Gasteiger partial charge in [0, 0.05) is 19.1 Å². The van der Waals surface area contributed by atoms with Crippen LogP contribution >= 0.6 is 0 Å². The second kappa shape index (κ2) is 5.60. The number of hydrogen-bond acceptors (Lipinski definition) is 5. The highest BCUT2D eigenvalue weighted by Crippen LogP contribution is 2.20. The summed E-state index contributed by atoms with van der Waals surface area (Å²) >= 11 is 0. The first-order chi connectivity index (χ1) is 9.78. The predicted octanol–water partition coefficient (Wildman–Crippen LogP) is 1.79. The number of methoxy groups -OCH3 is 1. The molecule has 0 atom stereocenters. The Balaban J connectivity index is 1.84. The van der Waals surface area contributed by atoms with Gasteiger partial charge in [0.15, 0.2) is 11.5 Å². The van der Waals surface area contributed by atoms with Crippen LogP contribution in [0.3, 0.4) is 0 Å². The van der Waals surface area contributed by atoms with Gasteiger partial charge in [-0.15, -0.1) is 0 Å². The standard InChI is InChI=1S/C14H16N2O4/c1-18-8-5-13-15-11-4-3-10(9-12(11)20-13)14(17)16-6-2-7-19-16/h3-4,9H,2,5-8H2,1H3. The van der Waals surface area contributed by atoms with Crippen LogP contribution in [0, 0.1) is 0 Å². The first kappa shape index (κ1) is 13.1. The van der Waals surface area contributed by atoms with E-state index in [1.54, 1.807) is 25.3 Å². The molecule has 1 aliphatic heterocycles. The van der Waals surface area contributed by atoms with Gasteiger partial charge in [0.2, 0.25) is 0 Å². The number of hydroxylamine groups is 2. The van der Waals surface area contributed by atoms with E-state index in [2.05, 4.69) is 4.98 Å². The van der Waals surface area contributed by atoms with Crippen LogP contribution in [0.4, 0.5) is 0 Å².